The first kappa shape index (κ1) is 30.2. The van der Waals surface area contributed by atoms with Gasteiger partial charge in [0.25, 0.3) is 0 Å². The van der Waals surface area contributed by atoms with E-state index in [1.807, 2.05) is 43.4 Å². The van der Waals surface area contributed by atoms with Crippen molar-refractivity contribution in [2.75, 3.05) is 32.2 Å². The van der Waals surface area contributed by atoms with E-state index in [0.717, 1.165) is 29.7 Å². The lowest BCUT2D eigenvalue weighted by atomic mass is 9.95. The molecule has 0 aliphatic heterocycles. The molecule has 1 aromatic carbocycles. The number of anilines is 1. The van der Waals surface area contributed by atoms with Crippen molar-refractivity contribution in [1.82, 2.24) is 24.9 Å². The van der Waals surface area contributed by atoms with Crippen LogP contribution in [0.3, 0.4) is 0 Å². The predicted molar refractivity (Wildman–Crippen MR) is 150 cm³/mol. The summed E-state index contributed by atoms with van der Waals surface area (Å²) >= 11 is 0. The second kappa shape index (κ2) is 14.2. The number of aliphatic hydroxyl groups is 1. The Balaban J connectivity index is 1.56. The van der Waals surface area contributed by atoms with Crippen LogP contribution in [0.4, 0.5) is 5.82 Å². The topological polar surface area (TPSA) is 140 Å². The van der Waals surface area contributed by atoms with E-state index in [0.29, 0.717) is 49.8 Å². The van der Waals surface area contributed by atoms with E-state index in [-0.39, 0.29) is 17.6 Å². The van der Waals surface area contributed by atoms with Crippen molar-refractivity contribution < 1.29 is 24.2 Å². The molecule has 3 aromatic rings. The van der Waals surface area contributed by atoms with Crippen LogP contribution in [-0.2, 0) is 14.3 Å². The Morgan fingerprint density at radius 1 is 1.05 bits per heavy atom. The molecule has 2 atom stereocenters. The number of ether oxygens (including phenoxy) is 2. The quantitative estimate of drug-likeness (QED) is 0.233. The van der Waals surface area contributed by atoms with E-state index in [1.54, 1.807) is 21.0 Å². The normalized spacial score (nSPS) is 13.3. The summed E-state index contributed by atoms with van der Waals surface area (Å²) in [6.45, 7) is 10.8. The largest absolute Gasteiger partial charge is 0.491 e. The lowest BCUT2D eigenvalue weighted by Gasteiger charge is -2.24. The Bertz CT molecular complexity index is 1260. The van der Waals surface area contributed by atoms with Crippen LogP contribution in [0.25, 0.3) is 16.7 Å². The Kier molecular flexibility index (Phi) is 11.0. The standard InChI is InChI=1S/C28H42N6O5/c1-17(2)24(31-28(37)25(36)18(3)4)23(35)10-8-7-9-13-29-26-27-33-32-19(5)34(27)22-12-11-20(16-21(22)30-26)39-15-14-38-6/h11-12,16-18,24-25,36H,7-10,13-15H2,1-6H3,(H,29,30)(H,31,37)/t24-,25-/m0/s1. The zero-order valence-corrected chi connectivity index (χ0v) is 23.9. The molecule has 0 bridgehead atoms. The summed E-state index contributed by atoms with van der Waals surface area (Å²) in [6.07, 6.45) is 1.62. The second-order valence-corrected chi connectivity index (χ2v) is 10.5. The molecule has 2 aromatic heterocycles. The van der Waals surface area contributed by atoms with Crippen molar-refractivity contribution in [2.45, 2.75) is 72.4 Å². The molecule has 0 aliphatic carbocycles. The molecule has 0 aliphatic rings. The van der Waals surface area contributed by atoms with Crippen molar-refractivity contribution in [3.63, 3.8) is 0 Å². The van der Waals surface area contributed by atoms with Crippen LogP contribution in [0.5, 0.6) is 5.75 Å². The third kappa shape index (κ3) is 7.86. The highest BCUT2D eigenvalue weighted by molar-refractivity contribution is 5.90. The minimum absolute atomic E-state index is 0.0115. The molecule has 2 heterocycles. The third-order valence-electron chi connectivity index (χ3n) is 6.62. The number of amides is 1. The van der Waals surface area contributed by atoms with Gasteiger partial charge in [-0.3, -0.25) is 14.0 Å². The summed E-state index contributed by atoms with van der Waals surface area (Å²) in [5.74, 6) is 1.34. The first-order valence-electron chi connectivity index (χ1n) is 13.7. The van der Waals surface area contributed by atoms with Gasteiger partial charge in [-0.05, 0) is 43.7 Å². The average molecular weight is 543 g/mol. The number of hydrogen-bond acceptors (Lipinski definition) is 9. The summed E-state index contributed by atoms with van der Waals surface area (Å²) in [5, 5.41) is 24.7. The van der Waals surface area contributed by atoms with Crippen LogP contribution in [0, 0.1) is 18.8 Å². The molecule has 0 radical (unpaired) electrons. The number of hydrogen-bond donors (Lipinski definition) is 3. The number of ketones is 1. The average Bonchev–Trinajstić information content (AvgIpc) is 3.30. The second-order valence-electron chi connectivity index (χ2n) is 10.5. The molecular weight excluding hydrogens is 500 g/mol. The molecule has 3 rings (SSSR count). The Hall–Kier alpha value is -3.31. The van der Waals surface area contributed by atoms with E-state index in [1.165, 1.54) is 0 Å². The molecule has 0 unspecified atom stereocenters. The zero-order valence-electron chi connectivity index (χ0n) is 23.9. The van der Waals surface area contributed by atoms with Crippen molar-refractivity contribution in [2.24, 2.45) is 11.8 Å². The molecule has 0 spiro atoms. The summed E-state index contributed by atoms with van der Waals surface area (Å²) in [7, 11) is 1.63. The van der Waals surface area contributed by atoms with Crippen LogP contribution in [0.2, 0.25) is 0 Å². The van der Waals surface area contributed by atoms with Gasteiger partial charge in [-0.1, -0.05) is 34.1 Å². The van der Waals surface area contributed by atoms with Gasteiger partial charge in [0.2, 0.25) is 11.6 Å². The number of unbranched alkanes of at least 4 members (excludes halogenated alkanes) is 2. The predicted octanol–water partition coefficient (Wildman–Crippen LogP) is 3.31. The van der Waals surface area contributed by atoms with Gasteiger partial charge in [-0.15, -0.1) is 10.2 Å². The fourth-order valence-electron chi connectivity index (χ4n) is 4.33. The number of aryl methyl sites for hydroxylation is 1. The molecule has 3 N–H and O–H groups in total. The van der Waals surface area contributed by atoms with Crippen LogP contribution in [0.15, 0.2) is 18.2 Å². The first-order chi connectivity index (χ1) is 18.6. The van der Waals surface area contributed by atoms with Crippen molar-refractivity contribution in [1.29, 1.82) is 0 Å². The maximum absolute atomic E-state index is 12.8. The summed E-state index contributed by atoms with van der Waals surface area (Å²) in [6, 6.07) is 5.14. The van der Waals surface area contributed by atoms with Crippen molar-refractivity contribution in [3.05, 3.63) is 24.0 Å². The first-order valence-corrected chi connectivity index (χ1v) is 13.7. The number of nitrogens with zero attached hydrogens (tertiary/aromatic N) is 4. The van der Waals surface area contributed by atoms with Gasteiger partial charge in [-0.25, -0.2) is 4.98 Å². The van der Waals surface area contributed by atoms with Gasteiger partial charge in [0.1, 0.15) is 24.3 Å². The molecule has 39 heavy (non-hydrogen) atoms. The van der Waals surface area contributed by atoms with Crippen LogP contribution in [-0.4, -0.2) is 75.4 Å². The number of Topliss-reactive ketones (excluding diaryl/α,β-unsaturated/α-hetero) is 1. The lowest BCUT2D eigenvalue weighted by molar-refractivity contribution is -0.135. The number of nitrogens with one attached hydrogen (secondary N) is 2. The van der Waals surface area contributed by atoms with Crippen LogP contribution >= 0.6 is 0 Å². The summed E-state index contributed by atoms with van der Waals surface area (Å²) in [5.41, 5.74) is 2.31. The number of carbonyl (C=O) groups is 2. The van der Waals surface area contributed by atoms with Gasteiger partial charge >= 0.3 is 0 Å². The highest BCUT2D eigenvalue weighted by Crippen LogP contribution is 2.25. The molecule has 1 amide bonds. The van der Waals surface area contributed by atoms with Gasteiger partial charge in [0.15, 0.2) is 11.6 Å². The fraction of sp³-hybridized carbons (Fsp3) is 0.607. The monoisotopic (exact) mass is 542 g/mol. The number of aromatic nitrogens is 4. The molecule has 11 nitrogen and oxygen atoms in total. The minimum atomic E-state index is -1.12. The third-order valence-corrected chi connectivity index (χ3v) is 6.62. The maximum atomic E-state index is 12.8. The number of fused-ring (bicyclic) bond motifs is 3. The molecule has 214 valence electrons. The number of aliphatic hydroxyl groups excluding tert-OH is 1. The smallest absolute Gasteiger partial charge is 0.249 e. The Labute approximate surface area is 229 Å². The van der Waals surface area contributed by atoms with E-state index in [4.69, 9.17) is 14.5 Å². The van der Waals surface area contributed by atoms with E-state index < -0.39 is 18.1 Å². The number of benzene rings is 1. The van der Waals surface area contributed by atoms with E-state index in [9.17, 15) is 14.7 Å². The highest BCUT2D eigenvalue weighted by atomic mass is 16.5. The molecule has 0 saturated heterocycles. The number of carbonyl (C=O) groups excluding carboxylic acids is 2. The van der Waals surface area contributed by atoms with Gasteiger partial charge in [0.05, 0.1) is 23.7 Å². The van der Waals surface area contributed by atoms with E-state index >= 15 is 0 Å². The SMILES string of the molecule is COCCOc1ccc2c(c1)nc(NCCCCCC(=O)[C@@H](NC(=O)[C@@H](O)C(C)C)C(C)C)c1nnc(C)n12. The summed E-state index contributed by atoms with van der Waals surface area (Å²) < 4.78 is 12.8. The van der Waals surface area contributed by atoms with Crippen molar-refractivity contribution in [3.8, 4) is 5.75 Å². The Morgan fingerprint density at radius 3 is 2.51 bits per heavy atom. The Morgan fingerprint density at radius 2 is 1.82 bits per heavy atom. The highest BCUT2D eigenvalue weighted by Gasteiger charge is 2.27. The van der Waals surface area contributed by atoms with Crippen molar-refractivity contribution >= 4 is 34.2 Å². The number of rotatable bonds is 16. The van der Waals surface area contributed by atoms with Crippen LogP contribution < -0.4 is 15.4 Å². The molecule has 11 heteroatoms. The van der Waals surface area contributed by atoms with Gasteiger partial charge in [-0.2, -0.15) is 0 Å². The number of methoxy groups -OCH3 is 1. The van der Waals surface area contributed by atoms with E-state index in [2.05, 4.69) is 20.8 Å². The maximum Gasteiger partial charge on any atom is 0.249 e. The molecular formula is C28H42N6O5. The van der Waals surface area contributed by atoms with Gasteiger partial charge in [0, 0.05) is 26.1 Å². The fourth-order valence-corrected chi connectivity index (χ4v) is 4.33. The van der Waals surface area contributed by atoms with Gasteiger partial charge < -0.3 is 25.2 Å². The summed E-state index contributed by atoms with van der Waals surface area (Å²) in [4.78, 5) is 29.8. The lowest BCUT2D eigenvalue weighted by Crippen LogP contribution is -2.49. The van der Waals surface area contributed by atoms with Crippen LogP contribution in [0.1, 0.15) is 59.2 Å². The molecule has 0 saturated carbocycles. The minimum Gasteiger partial charge on any atom is -0.491 e. The molecule has 0 fully saturated rings. The zero-order chi connectivity index (χ0) is 28.5.